The molecule has 0 aromatic heterocycles. The highest BCUT2D eigenvalue weighted by Gasteiger charge is 1.97. The Kier molecular flexibility index (Phi) is 7.50. The number of carbonyl (C=O) groups is 2. The van der Waals surface area contributed by atoms with Crippen molar-refractivity contribution in [3.63, 3.8) is 0 Å². The minimum atomic E-state index is -0.550. The van der Waals surface area contributed by atoms with Gasteiger partial charge in [0.15, 0.2) is 0 Å². The lowest BCUT2D eigenvalue weighted by atomic mass is 10.2. The van der Waals surface area contributed by atoms with Crippen LogP contribution in [-0.4, -0.2) is 18.5 Å². The quantitative estimate of drug-likeness (QED) is 0.332. The van der Waals surface area contributed by atoms with Crippen LogP contribution in [0.3, 0.4) is 0 Å². The van der Waals surface area contributed by atoms with E-state index in [2.05, 4.69) is 0 Å². The van der Waals surface area contributed by atoms with Crippen LogP contribution in [0.2, 0.25) is 0 Å². The van der Waals surface area contributed by atoms with Crippen molar-refractivity contribution in [2.24, 2.45) is 0 Å². The summed E-state index contributed by atoms with van der Waals surface area (Å²) in [5.74, 6) is -1.07. The van der Waals surface area contributed by atoms with Crippen molar-refractivity contribution in [2.45, 2.75) is 19.8 Å². The number of hydrogen-bond acceptors (Lipinski definition) is 4. The fourth-order valence-corrected chi connectivity index (χ4v) is 1.29. The Morgan fingerprint density at radius 3 is 2.55 bits per heavy atom. The summed E-state index contributed by atoms with van der Waals surface area (Å²) in [6.45, 7) is 2.38. The molecule has 0 aliphatic carbocycles. The molecule has 0 unspecified atom stereocenters. The van der Waals surface area contributed by atoms with Gasteiger partial charge in [0, 0.05) is 6.08 Å². The molecule has 0 spiro atoms. The highest BCUT2D eigenvalue weighted by atomic mass is 16.5. The fraction of sp³-hybridized carbons (Fsp3) is 0.250. The molecule has 0 fully saturated rings. The predicted molar refractivity (Wildman–Crippen MR) is 76.6 cm³/mol. The topological polar surface area (TPSA) is 52.6 Å². The molecule has 0 saturated heterocycles. The Balaban J connectivity index is 2.29. The van der Waals surface area contributed by atoms with E-state index in [0.29, 0.717) is 6.61 Å². The Morgan fingerprint density at radius 2 is 1.85 bits per heavy atom. The number of rotatable bonds is 7. The largest absolute Gasteiger partial charge is 0.462 e. The van der Waals surface area contributed by atoms with Gasteiger partial charge in [-0.25, -0.2) is 9.59 Å². The number of carbonyl (C=O) groups excluding carboxylic acids is 2. The van der Waals surface area contributed by atoms with Crippen molar-refractivity contribution >= 4 is 18.0 Å². The normalized spacial score (nSPS) is 10.8. The number of hydrogen-bond donors (Lipinski definition) is 0. The maximum absolute atomic E-state index is 11.3. The van der Waals surface area contributed by atoms with Crippen molar-refractivity contribution in [3.8, 4) is 0 Å². The summed E-state index contributed by atoms with van der Waals surface area (Å²) < 4.78 is 9.59. The Bertz CT molecular complexity index is 475. The molecule has 0 amide bonds. The van der Waals surface area contributed by atoms with E-state index in [-0.39, 0.29) is 0 Å². The minimum absolute atomic E-state index is 0.377. The first-order valence-corrected chi connectivity index (χ1v) is 6.49. The van der Waals surface area contributed by atoms with Crippen LogP contribution in [0, 0.1) is 0 Å². The summed E-state index contributed by atoms with van der Waals surface area (Å²) >= 11 is 0. The summed E-state index contributed by atoms with van der Waals surface area (Å²) in [4.78, 5) is 22.5. The molecular weight excluding hydrogens is 256 g/mol. The van der Waals surface area contributed by atoms with Gasteiger partial charge in [-0.2, -0.15) is 0 Å². The zero-order valence-corrected chi connectivity index (χ0v) is 11.5. The van der Waals surface area contributed by atoms with E-state index >= 15 is 0 Å². The number of unbranched alkanes of at least 4 members (excludes halogenated alkanes) is 1. The first-order valence-electron chi connectivity index (χ1n) is 6.49. The molecular formula is C16H18O4. The molecule has 20 heavy (non-hydrogen) atoms. The van der Waals surface area contributed by atoms with Gasteiger partial charge in [0.1, 0.15) is 6.26 Å². The second kappa shape index (κ2) is 9.55. The van der Waals surface area contributed by atoms with Crippen LogP contribution in [0.4, 0.5) is 0 Å². The molecule has 0 aliphatic rings. The van der Waals surface area contributed by atoms with Gasteiger partial charge in [-0.1, -0.05) is 43.7 Å². The van der Waals surface area contributed by atoms with Crippen molar-refractivity contribution in [3.05, 3.63) is 54.3 Å². The van der Waals surface area contributed by atoms with Crippen molar-refractivity contribution < 1.29 is 19.1 Å². The summed E-state index contributed by atoms with van der Waals surface area (Å²) in [5.41, 5.74) is 0.896. The van der Waals surface area contributed by atoms with E-state index in [9.17, 15) is 9.59 Å². The zero-order valence-electron chi connectivity index (χ0n) is 11.5. The van der Waals surface area contributed by atoms with Gasteiger partial charge in [0.25, 0.3) is 0 Å². The van der Waals surface area contributed by atoms with Gasteiger partial charge in [-0.3, -0.25) is 0 Å². The highest BCUT2D eigenvalue weighted by molar-refractivity contribution is 5.88. The third-order valence-corrected chi connectivity index (χ3v) is 2.34. The van der Waals surface area contributed by atoms with Gasteiger partial charge in [0.2, 0.25) is 0 Å². The van der Waals surface area contributed by atoms with Crippen LogP contribution in [-0.2, 0) is 19.1 Å². The third-order valence-electron chi connectivity index (χ3n) is 2.34. The Labute approximate surface area is 118 Å². The van der Waals surface area contributed by atoms with Crippen LogP contribution >= 0.6 is 0 Å². The average Bonchev–Trinajstić information content (AvgIpc) is 2.46. The molecule has 0 radical (unpaired) electrons. The van der Waals surface area contributed by atoms with Gasteiger partial charge >= 0.3 is 11.9 Å². The molecule has 0 bridgehead atoms. The first-order chi connectivity index (χ1) is 9.72. The molecule has 106 valence electrons. The molecule has 0 aliphatic heterocycles. The smallest absolute Gasteiger partial charge is 0.335 e. The van der Waals surface area contributed by atoms with Crippen LogP contribution < -0.4 is 0 Å². The molecule has 4 heteroatoms. The van der Waals surface area contributed by atoms with Crippen LogP contribution in [0.25, 0.3) is 6.08 Å². The summed E-state index contributed by atoms with van der Waals surface area (Å²) in [6, 6.07) is 9.37. The first kappa shape index (κ1) is 15.7. The van der Waals surface area contributed by atoms with Crippen LogP contribution in [0.15, 0.2) is 48.7 Å². The van der Waals surface area contributed by atoms with Crippen molar-refractivity contribution in [2.75, 3.05) is 6.61 Å². The van der Waals surface area contributed by atoms with Crippen LogP contribution in [0.1, 0.15) is 25.3 Å². The molecule has 0 N–H and O–H groups in total. The van der Waals surface area contributed by atoms with E-state index in [1.165, 1.54) is 6.08 Å². The predicted octanol–water partition coefficient (Wildman–Crippen LogP) is 3.10. The molecule has 1 rings (SSSR count). The second-order valence-corrected chi connectivity index (χ2v) is 4.00. The molecule has 0 atom stereocenters. The lowest BCUT2D eigenvalue weighted by molar-refractivity contribution is -0.138. The van der Waals surface area contributed by atoms with E-state index in [4.69, 9.17) is 9.47 Å². The Morgan fingerprint density at radius 1 is 1.10 bits per heavy atom. The fourth-order valence-electron chi connectivity index (χ4n) is 1.29. The maximum Gasteiger partial charge on any atom is 0.335 e. The second-order valence-electron chi connectivity index (χ2n) is 4.00. The van der Waals surface area contributed by atoms with Gasteiger partial charge < -0.3 is 9.47 Å². The number of ether oxygens (including phenoxy) is 2. The third kappa shape index (κ3) is 7.16. The minimum Gasteiger partial charge on any atom is -0.462 e. The summed E-state index contributed by atoms with van der Waals surface area (Å²) in [7, 11) is 0. The standard InChI is InChI=1S/C16H18O4/c1-2-3-12-19-16(18)11-13-20-15(17)10-9-14-7-5-4-6-8-14/h4-11,13H,2-3,12H2,1H3/b10-9+,13-11+. The van der Waals surface area contributed by atoms with Crippen LogP contribution in [0.5, 0.6) is 0 Å². The zero-order chi connectivity index (χ0) is 14.6. The van der Waals surface area contributed by atoms with E-state index in [1.54, 1.807) is 6.08 Å². The monoisotopic (exact) mass is 274 g/mol. The lowest BCUT2D eigenvalue weighted by Crippen LogP contribution is -2.02. The maximum atomic E-state index is 11.3. The molecule has 1 aromatic rings. The van der Waals surface area contributed by atoms with E-state index < -0.39 is 11.9 Å². The lowest BCUT2D eigenvalue weighted by Gasteiger charge is -1.98. The van der Waals surface area contributed by atoms with E-state index in [0.717, 1.165) is 30.7 Å². The van der Waals surface area contributed by atoms with Crippen molar-refractivity contribution in [1.29, 1.82) is 0 Å². The number of esters is 2. The van der Waals surface area contributed by atoms with Crippen molar-refractivity contribution in [1.82, 2.24) is 0 Å². The van der Waals surface area contributed by atoms with Gasteiger partial charge in [-0.05, 0) is 18.1 Å². The highest BCUT2D eigenvalue weighted by Crippen LogP contribution is 2.01. The molecule has 0 saturated carbocycles. The van der Waals surface area contributed by atoms with Gasteiger partial charge in [-0.15, -0.1) is 0 Å². The van der Waals surface area contributed by atoms with E-state index in [1.807, 2.05) is 37.3 Å². The molecule has 1 aromatic carbocycles. The number of benzene rings is 1. The summed E-state index contributed by atoms with van der Waals surface area (Å²) in [6.07, 6.45) is 6.82. The SMILES string of the molecule is CCCCOC(=O)/C=C/OC(=O)/C=C/c1ccccc1. The molecule has 4 nitrogen and oxygen atoms in total. The van der Waals surface area contributed by atoms with Gasteiger partial charge in [0.05, 0.1) is 12.7 Å². The Hall–Kier alpha value is -2.36. The average molecular weight is 274 g/mol. The summed E-state index contributed by atoms with van der Waals surface area (Å²) in [5, 5.41) is 0. The molecule has 0 heterocycles.